The summed E-state index contributed by atoms with van der Waals surface area (Å²) in [5.74, 6) is -2.85. The molecule has 0 bridgehead atoms. The topological polar surface area (TPSA) is 58.2 Å². The van der Waals surface area contributed by atoms with Gasteiger partial charge in [-0.25, -0.2) is 8.78 Å². The van der Waals surface area contributed by atoms with E-state index >= 15 is 0 Å². The highest BCUT2D eigenvalue weighted by molar-refractivity contribution is 6.31. The average Bonchev–Trinajstić information content (AvgIpc) is 2.50. The molecule has 0 saturated heterocycles. The summed E-state index contributed by atoms with van der Waals surface area (Å²) in [4.78, 5) is 23.5. The Hall–Kier alpha value is -2.47. The predicted octanol–water partition coefficient (Wildman–Crippen LogP) is 3.82. The molecule has 0 aliphatic rings. The maximum atomic E-state index is 13.2. The number of hydrogen-bond acceptors (Lipinski definition) is 2. The standard InChI is InChI=1S/C17H15ClF2N2O2/c1-10(23)21-16(12-4-2-3-5-13(12)18)9-17(24)22-11-6-7-14(19)15(20)8-11/h2-8,16H,9H2,1H3,(H,21,23)(H,22,24)/t16-/m0/s1. The molecule has 0 radical (unpaired) electrons. The van der Waals surface area contributed by atoms with Crippen LogP contribution in [-0.2, 0) is 9.59 Å². The Bertz CT molecular complexity index is 768. The number of benzene rings is 2. The van der Waals surface area contributed by atoms with Gasteiger partial charge in [0, 0.05) is 23.7 Å². The largest absolute Gasteiger partial charge is 0.349 e. The molecule has 126 valence electrons. The van der Waals surface area contributed by atoms with Crippen molar-refractivity contribution < 1.29 is 18.4 Å². The van der Waals surface area contributed by atoms with Gasteiger partial charge in [-0.3, -0.25) is 9.59 Å². The van der Waals surface area contributed by atoms with Crippen LogP contribution in [0.3, 0.4) is 0 Å². The van der Waals surface area contributed by atoms with Crippen molar-refractivity contribution in [2.24, 2.45) is 0 Å². The van der Waals surface area contributed by atoms with E-state index in [0.717, 1.165) is 12.1 Å². The zero-order chi connectivity index (χ0) is 17.7. The van der Waals surface area contributed by atoms with Gasteiger partial charge < -0.3 is 10.6 Å². The maximum absolute atomic E-state index is 13.2. The Labute approximate surface area is 142 Å². The first-order chi connectivity index (χ1) is 11.4. The van der Waals surface area contributed by atoms with E-state index in [1.807, 2.05) is 0 Å². The van der Waals surface area contributed by atoms with E-state index in [1.54, 1.807) is 24.3 Å². The number of halogens is 3. The van der Waals surface area contributed by atoms with Crippen LogP contribution in [0.4, 0.5) is 14.5 Å². The predicted molar refractivity (Wildman–Crippen MR) is 87.6 cm³/mol. The Kier molecular flexibility index (Phi) is 5.87. The fourth-order valence-electron chi connectivity index (χ4n) is 2.21. The lowest BCUT2D eigenvalue weighted by Gasteiger charge is -2.19. The summed E-state index contributed by atoms with van der Waals surface area (Å²) in [5, 5.41) is 5.53. The summed E-state index contributed by atoms with van der Waals surface area (Å²) in [7, 11) is 0. The van der Waals surface area contributed by atoms with Crippen LogP contribution in [-0.4, -0.2) is 11.8 Å². The molecule has 0 saturated carbocycles. The number of carbonyl (C=O) groups is 2. The number of carbonyl (C=O) groups excluding carboxylic acids is 2. The molecule has 2 N–H and O–H groups in total. The molecule has 0 aliphatic carbocycles. The zero-order valence-corrected chi connectivity index (χ0v) is 13.5. The summed E-state index contributed by atoms with van der Waals surface area (Å²) in [6, 6.07) is 9.25. The van der Waals surface area contributed by atoms with Gasteiger partial charge in [-0.05, 0) is 23.8 Å². The lowest BCUT2D eigenvalue weighted by molar-refractivity contribution is -0.120. The van der Waals surface area contributed by atoms with Crippen molar-refractivity contribution in [3.8, 4) is 0 Å². The molecule has 0 unspecified atom stereocenters. The Morgan fingerprint density at radius 3 is 2.46 bits per heavy atom. The molecule has 2 rings (SSSR count). The fourth-order valence-corrected chi connectivity index (χ4v) is 2.48. The van der Waals surface area contributed by atoms with Crippen molar-refractivity contribution >= 4 is 29.1 Å². The van der Waals surface area contributed by atoms with Crippen LogP contribution >= 0.6 is 11.6 Å². The van der Waals surface area contributed by atoms with Gasteiger partial charge in [0.1, 0.15) is 0 Å². The fraction of sp³-hybridized carbons (Fsp3) is 0.176. The number of amides is 2. The minimum absolute atomic E-state index is 0.109. The van der Waals surface area contributed by atoms with Gasteiger partial charge in [-0.2, -0.15) is 0 Å². The smallest absolute Gasteiger partial charge is 0.226 e. The molecule has 24 heavy (non-hydrogen) atoms. The highest BCUT2D eigenvalue weighted by atomic mass is 35.5. The van der Waals surface area contributed by atoms with E-state index in [2.05, 4.69) is 10.6 Å². The van der Waals surface area contributed by atoms with Crippen molar-refractivity contribution in [1.82, 2.24) is 5.32 Å². The van der Waals surface area contributed by atoms with Crippen molar-refractivity contribution in [3.63, 3.8) is 0 Å². The number of rotatable bonds is 5. The molecule has 2 aromatic rings. The quantitative estimate of drug-likeness (QED) is 0.859. The summed E-state index contributed by atoms with van der Waals surface area (Å²) in [6.45, 7) is 1.33. The highest BCUT2D eigenvalue weighted by Gasteiger charge is 2.19. The van der Waals surface area contributed by atoms with E-state index < -0.39 is 23.6 Å². The molecule has 0 spiro atoms. The van der Waals surface area contributed by atoms with E-state index in [-0.39, 0.29) is 18.0 Å². The van der Waals surface area contributed by atoms with Gasteiger partial charge in [0.2, 0.25) is 11.8 Å². The van der Waals surface area contributed by atoms with Crippen LogP contribution in [0.5, 0.6) is 0 Å². The van der Waals surface area contributed by atoms with Crippen molar-refractivity contribution in [3.05, 3.63) is 64.7 Å². The Morgan fingerprint density at radius 2 is 1.83 bits per heavy atom. The van der Waals surface area contributed by atoms with E-state index in [0.29, 0.717) is 10.6 Å². The Balaban J connectivity index is 2.14. The molecule has 1 atom stereocenters. The lowest BCUT2D eigenvalue weighted by Crippen LogP contribution is -2.30. The SMILES string of the molecule is CC(=O)N[C@@H](CC(=O)Nc1ccc(F)c(F)c1)c1ccccc1Cl. The molecule has 0 aliphatic heterocycles. The third-order valence-electron chi connectivity index (χ3n) is 3.25. The van der Waals surface area contributed by atoms with Crippen LogP contribution in [0.25, 0.3) is 0 Å². The molecule has 0 fully saturated rings. The second-order valence-corrected chi connectivity index (χ2v) is 5.56. The summed E-state index contributed by atoms with van der Waals surface area (Å²) in [5.41, 5.74) is 0.717. The van der Waals surface area contributed by atoms with Crippen LogP contribution in [0, 0.1) is 11.6 Å². The normalized spacial score (nSPS) is 11.7. The first-order valence-corrected chi connectivity index (χ1v) is 7.51. The first-order valence-electron chi connectivity index (χ1n) is 7.13. The van der Waals surface area contributed by atoms with Crippen LogP contribution in [0.1, 0.15) is 24.9 Å². The summed E-state index contributed by atoms with van der Waals surface area (Å²) >= 11 is 6.11. The average molecular weight is 353 g/mol. The number of anilines is 1. The second-order valence-electron chi connectivity index (χ2n) is 5.16. The molecule has 2 aromatic carbocycles. The third-order valence-corrected chi connectivity index (χ3v) is 3.60. The lowest BCUT2D eigenvalue weighted by atomic mass is 10.0. The van der Waals surface area contributed by atoms with Gasteiger partial charge in [0.25, 0.3) is 0 Å². The van der Waals surface area contributed by atoms with Gasteiger partial charge >= 0.3 is 0 Å². The number of nitrogens with one attached hydrogen (secondary N) is 2. The highest BCUT2D eigenvalue weighted by Crippen LogP contribution is 2.25. The van der Waals surface area contributed by atoms with Gasteiger partial charge in [-0.15, -0.1) is 0 Å². The van der Waals surface area contributed by atoms with E-state index in [9.17, 15) is 18.4 Å². The minimum Gasteiger partial charge on any atom is -0.349 e. The van der Waals surface area contributed by atoms with Gasteiger partial charge in [0.05, 0.1) is 12.5 Å². The van der Waals surface area contributed by atoms with Crippen LogP contribution in [0.2, 0.25) is 5.02 Å². The third kappa shape index (κ3) is 4.76. The van der Waals surface area contributed by atoms with E-state index in [4.69, 9.17) is 11.6 Å². The summed E-state index contributed by atoms with van der Waals surface area (Å²) in [6.07, 6.45) is -0.109. The van der Waals surface area contributed by atoms with Crippen LogP contribution < -0.4 is 10.6 Å². The number of hydrogen-bond donors (Lipinski definition) is 2. The minimum atomic E-state index is -1.06. The zero-order valence-electron chi connectivity index (χ0n) is 12.8. The molecule has 7 heteroatoms. The monoisotopic (exact) mass is 352 g/mol. The molecule has 4 nitrogen and oxygen atoms in total. The Morgan fingerprint density at radius 1 is 1.12 bits per heavy atom. The summed E-state index contributed by atoms with van der Waals surface area (Å²) < 4.78 is 26.1. The second kappa shape index (κ2) is 7.88. The van der Waals surface area contributed by atoms with E-state index in [1.165, 1.54) is 13.0 Å². The molecular formula is C17H15ClF2N2O2. The van der Waals surface area contributed by atoms with Gasteiger partial charge in [0.15, 0.2) is 11.6 Å². The molecule has 0 aromatic heterocycles. The molecule has 2 amide bonds. The molecular weight excluding hydrogens is 338 g/mol. The van der Waals surface area contributed by atoms with Crippen molar-refractivity contribution in [2.75, 3.05) is 5.32 Å². The van der Waals surface area contributed by atoms with Crippen molar-refractivity contribution in [2.45, 2.75) is 19.4 Å². The van der Waals surface area contributed by atoms with Crippen LogP contribution in [0.15, 0.2) is 42.5 Å². The first kappa shape index (κ1) is 17.9. The van der Waals surface area contributed by atoms with Gasteiger partial charge in [-0.1, -0.05) is 29.8 Å². The van der Waals surface area contributed by atoms with Crippen molar-refractivity contribution in [1.29, 1.82) is 0 Å². The molecule has 0 heterocycles. The maximum Gasteiger partial charge on any atom is 0.226 e.